The molecule has 2 aromatic carbocycles. The Morgan fingerprint density at radius 3 is 2.47 bits per heavy atom. The summed E-state index contributed by atoms with van der Waals surface area (Å²) >= 11 is 0. The Kier molecular flexibility index (Phi) is 5.48. The summed E-state index contributed by atoms with van der Waals surface area (Å²) in [7, 11) is 1.63. The van der Waals surface area contributed by atoms with Crippen LogP contribution in [-0.4, -0.2) is 59.1 Å². The topological polar surface area (TPSA) is 72.7 Å². The van der Waals surface area contributed by atoms with E-state index >= 15 is 0 Å². The van der Waals surface area contributed by atoms with Crippen molar-refractivity contribution in [3.63, 3.8) is 0 Å². The largest absolute Gasteiger partial charge is 0.497 e. The highest BCUT2D eigenvalue weighted by Crippen LogP contribution is 2.28. The van der Waals surface area contributed by atoms with E-state index in [4.69, 9.17) is 9.47 Å². The minimum atomic E-state index is -0.254. The molecule has 0 radical (unpaired) electrons. The van der Waals surface area contributed by atoms with Gasteiger partial charge in [0.1, 0.15) is 17.7 Å². The number of halogens is 1. The molecule has 0 N–H and O–H groups in total. The first-order chi connectivity index (χ1) is 15.6. The Balaban J connectivity index is 1.24. The second-order valence-corrected chi connectivity index (χ2v) is 7.90. The number of fused-ring (bicyclic) bond motifs is 1. The fraction of sp³-hybridized carbons (Fsp3) is 0.348. The van der Waals surface area contributed by atoms with Crippen LogP contribution in [0.25, 0.3) is 0 Å². The zero-order valence-corrected chi connectivity index (χ0v) is 17.8. The van der Waals surface area contributed by atoms with E-state index in [1.807, 2.05) is 24.3 Å². The average Bonchev–Trinajstić information content (AvgIpc) is 3.27. The van der Waals surface area contributed by atoms with Crippen molar-refractivity contribution in [3.8, 4) is 5.75 Å². The summed E-state index contributed by atoms with van der Waals surface area (Å²) in [5.74, 6) is 0.408. The predicted octanol–water partition coefficient (Wildman–Crippen LogP) is 2.66. The van der Waals surface area contributed by atoms with E-state index in [2.05, 4.69) is 15.2 Å². The van der Waals surface area contributed by atoms with Crippen molar-refractivity contribution in [1.29, 1.82) is 0 Å². The molecule has 166 valence electrons. The van der Waals surface area contributed by atoms with E-state index in [1.54, 1.807) is 28.8 Å². The van der Waals surface area contributed by atoms with Gasteiger partial charge in [0.05, 0.1) is 26.0 Å². The number of carbonyl (C=O) groups excluding carboxylic acids is 1. The Morgan fingerprint density at radius 1 is 1.06 bits per heavy atom. The highest BCUT2D eigenvalue weighted by molar-refractivity contribution is 5.93. The van der Waals surface area contributed by atoms with E-state index < -0.39 is 0 Å². The quantitative estimate of drug-likeness (QED) is 0.625. The Morgan fingerprint density at radius 2 is 1.78 bits per heavy atom. The van der Waals surface area contributed by atoms with Crippen LogP contribution in [0.15, 0.2) is 48.5 Å². The molecular weight excluding hydrogens is 413 g/mol. The molecule has 32 heavy (non-hydrogen) atoms. The van der Waals surface area contributed by atoms with Crippen LogP contribution in [0.3, 0.4) is 0 Å². The van der Waals surface area contributed by atoms with Crippen LogP contribution >= 0.6 is 0 Å². The van der Waals surface area contributed by atoms with Gasteiger partial charge in [-0.25, -0.2) is 9.07 Å². The zero-order valence-electron chi connectivity index (χ0n) is 17.8. The van der Waals surface area contributed by atoms with Crippen molar-refractivity contribution in [2.24, 2.45) is 0 Å². The third-order valence-electron chi connectivity index (χ3n) is 6.05. The summed E-state index contributed by atoms with van der Waals surface area (Å²) in [6.07, 6.45) is -0.155. The number of nitrogens with zero attached hydrogens (tertiary/aromatic N) is 5. The van der Waals surface area contributed by atoms with Gasteiger partial charge in [0.25, 0.3) is 5.91 Å². The molecule has 0 saturated carbocycles. The SMILES string of the molecule is COc1ccc([C@@H]2Cn3nnc(C(=O)N4CCN(c5ccc(F)cc5)CC4)c3CO2)cc1. The normalized spacial score (nSPS) is 18.4. The van der Waals surface area contributed by atoms with Gasteiger partial charge in [-0.15, -0.1) is 5.10 Å². The van der Waals surface area contributed by atoms with E-state index in [0.29, 0.717) is 44.1 Å². The molecule has 2 aliphatic rings. The number of carbonyl (C=O) groups is 1. The summed E-state index contributed by atoms with van der Waals surface area (Å²) in [6, 6.07) is 14.2. The van der Waals surface area contributed by atoms with Crippen LogP contribution in [0.2, 0.25) is 0 Å². The lowest BCUT2D eigenvalue weighted by Gasteiger charge is -2.36. The molecule has 1 fully saturated rings. The van der Waals surface area contributed by atoms with Crippen molar-refractivity contribution < 1.29 is 18.7 Å². The third kappa shape index (κ3) is 3.91. The second kappa shape index (κ2) is 8.58. The van der Waals surface area contributed by atoms with Gasteiger partial charge in [-0.3, -0.25) is 4.79 Å². The summed E-state index contributed by atoms with van der Waals surface area (Å²) in [6.45, 7) is 3.27. The Labute approximate surface area is 185 Å². The maximum absolute atomic E-state index is 13.2. The maximum Gasteiger partial charge on any atom is 0.276 e. The highest BCUT2D eigenvalue weighted by Gasteiger charge is 2.31. The molecule has 3 aromatic rings. The number of rotatable bonds is 4. The number of benzene rings is 2. The Bertz CT molecular complexity index is 1090. The van der Waals surface area contributed by atoms with E-state index in [0.717, 1.165) is 17.0 Å². The summed E-state index contributed by atoms with van der Waals surface area (Å²) in [5.41, 5.74) is 3.04. The lowest BCUT2D eigenvalue weighted by molar-refractivity contribution is -0.00198. The van der Waals surface area contributed by atoms with Crippen LogP contribution in [0.4, 0.5) is 10.1 Å². The van der Waals surface area contributed by atoms with Crippen molar-refractivity contribution in [1.82, 2.24) is 19.9 Å². The number of anilines is 1. The molecule has 1 atom stereocenters. The van der Waals surface area contributed by atoms with E-state index in [9.17, 15) is 9.18 Å². The molecule has 0 bridgehead atoms. The molecule has 0 spiro atoms. The number of hydrogen-bond acceptors (Lipinski definition) is 6. The second-order valence-electron chi connectivity index (χ2n) is 7.90. The van der Waals surface area contributed by atoms with Gasteiger partial charge in [0, 0.05) is 31.9 Å². The molecule has 2 aliphatic heterocycles. The standard InChI is InChI=1S/C23H24FN5O3/c1-31-19-8-2-16(3-9-19)21-14-29-20(15-32-21)22(25-26-29)23(30)28-12-10-27(11-13-28)18-6-4-17(24)5-7-18/h2-9,21H,10-15H2,1H3/t21-/m0/s1. The van der Waals surface area contributed by atoms with Crippen LogP contribution in [-0.2, 0) is 17.9 Å². The van der Waals surface area contributed by atoms with Crippen LogP contribution in [0, 0.1) is 5.82 Å². The number of aromatic nitrogens is 3. The first-order valence-corrected chi connectivity index (χ1v) is 10.6. The first kappa shape index (κ1) is 20.4. The van der Waals surface area contributed by atoms with Gasteiger partial charge in [-0.1, -0.05) is 17.3 Å². The van der Waals surface area contributed by atoms with Crippen molar-refractivity contribution >= 4 is 11.6 Å². The fourth-order valence-electron chi connectivity index (χ4n) is 4.17. The Hall–Kier alpha value is -3.46. The number of amides is 1. The smallest absolute Gasteiger partial charge is 0.276 e. The summed E-state index contributed by atoms with van der Waals surface area (Å²) in [5, 5.41) is 8.40. The van der Waals surface area contributed by atoms with Crippen molar-refractivity contribution in [3.05, 3.63) is 71.3 Å². The predicted molar refractivity (Wildman–Crippen MR) is 115 cm³/mol. The molecule has 0 aliphatic carbocycles. The molecule has 8 nitrogen and oxygen atoms in total. The lowest BCUT2D eigenvalue weighted by atomic mass is 10.1. The van der Waals surface area contributed by atoms with Crippen molar-refractivity contribution in [2.75, 3.05) is 38.2 Å². The third-order valence-corrected chi connectivity index (χ3v) is 6.05. The van der Waals surface area contributed by atoms with Gasteiger partial charge in [-0.05, 0) is 42.0 Å². The molecule has 5 rings (SSSR count). The summed E-state index contributed by atoms with van der Waals surface area (Å²) < 4.78 is 26.2. The molecule has 1 aromatic heterocycles. The molecule has 3 heterocycles. The van der Waals surface area contributed by atoms with Gasteiger partial charge >= 0.3 is 0 Å². The van der Waals surface area contributed by atoms with E-state index in [-0.39, 0.29) is 24.4 Å². The lowest BCUT2D eigenvalue weighted by Crippen LogP contribution is -2.49. The summed E-state index contributed by atoms with van der Waals surface area (Å²) in [4.78, 5) is 17.1. The van der Waals surface area contributed by atoms with Gasteiger partial charge in [0.2, 0.25) is 0 Å². The number of methoxy groups -OCH3 is 1. The number of ether oxygens (including phenoxy) is 2. The molecule has 9 heteroatoms. The monoisotopic (exact) mass is 437 g/mol. The molecular formula is C23H24FN5O3. The fourth-order valence-corrected chi connectivity index (χ4v) is 4.17. The van der Waals surface area contributed by atoms with Crippen molar-refractivity contribution in [2.45, 2.75) is 19.3 Å². The number of hydrogen-bond donors (Lipinski definition) is 0. The highest BCUT2D eigenvalue weighted by atomic mass is 19.1. The average molecular weight is 437 g/mol. The first-order valence-electron chi connectivity index (χ1n) is 10.6. The molecule has 1 saturated heterocycles. The van der Waals surface area contributed by atoms with Gasteiger partial charge < -0.3 is 19.3 Å². The minimum Gasteiger partial charge on any atom is -0.497 e. The van der Waals surface area contributed by atoms with Crippen LogP contribution in [0.1, 0.15) is 27.8 Å². The number of piperazine rings is 1. The van der Waals surface area contributed by atoms with E-state index in [1.165, 1.54) is 12.1 Å². The van der Waals surface area contributed by atoms with Crippen LogP contribution < -0.4 is 9.64 Å². The van der Waals surface area contributed by atoms with Gasteiger partial charge in [0.15, 0.2) is 5.69 Å². The van der Waals surface area contributed by atoms with Crippen LogP contribution in [0.5, 0.6) is 5.75 Å². The zero-order chi connectivity index (χ0) is 22.1. The maximum atomic E-state index is 13.2. The minimum absolute atomic E-state index is 0.128. The molecule has 1 amide bonds. The van der Waals surface area contributed by atoms with Gasteiger partial charge in [-0.2, -0.15) is 0 Å². The molecule has 0 unspecified atom stereocenters.